The van der Waals surface area contributed by atoms with E-state index < -0.39 is 12.1 Å². The number of halogens is 1. The molecule has 1 unspecified atom stereocenters. The lowest BCUT2D eigenvalue weighted by Crippen LogP contribution is -2.34. The zero-order chi connectivity index (χ0) is 33.4. The van der Waals surface area contributed by atoms with Gasteiger partial charge in [0.05, 0.1) is 31.1 Å². The number of nitrogens with zero attached hydrogens (tertiary/aromatic N) is 2. The van der Waals surface area contributed by atoms with Gasteiger partial charge in [0.25, 0.3) is 0 Å². The first-order chi connectivity index (χ1) is 22.0. The molecule has 3 atom stereocenters. The van der Waals surface area contributed by atoms with Gasteiger partial charge in [0, 0.05) is 22.7 Å². The molecule has 0 bridgehead atoms. The lowest BCUT2D eigenvalue weighted by atomic mass is 9.95. The van der Waals surface area contributed by atoms with Crippen LogP contribution >= 0.6 is 22.6 Å². The summed E-state index contributed by atoms with van der Waals surface area (Å²) in [6, 6.07) is 12.4. The molecule has 46 heavy (non-hydrogen) atoms. The molecule has 0 aliphatic heterocycles. The van der Waals surface area contributed by atoms with Crippen molar-refractivity contribution in [2.24, 2.45) is 0 Å². The van der Waals surface area contributed by atoms with Crippen LogP contribution in [0.5, 0.6) is 0 Å². The quantitative estimate of drug-likeness (QED) is 0.119. The van der Waals surface area contributed by atoms with E-state index in [1.807, 2.05) is 19.9 Å². The van der Waals surface area contributed by atoms with Gasteiger partial charge in [-0.2, -0.15) is 0 Å². The van der Waals surface area contributed by atoms with E-state index in [9.17, 15) is 4.79 Å². The number of aromatic nitrogens is 2. The van der Waals surface area contributed by atoms with Crippen LogP contribution in [0.15, 0.2) is 45.2 Å². The van der Waals surface area contributed by atoms with E-state index >= 15 is 0 Å². The van der Waals surface area contributed by atoms with Crippen LogP contribution in [0.25, 0.3) is 22.9 Å². The Morgan fingerprint density at radius 1 is 0.848 bits per heavy atom. The lowest BCUT2D eigenvalue weighted by Gasteiger charge is -2.29. The predicted molar refractivity (Wildman–Crippen MR) is 185 cm³/mol. The summed E-state index contributed by atoms with van der Waals surface area (Å²) in [7, 11) is 1.38. The van der Waals surface area contributed by atoms with Gasteiger partial charge >= 0.3 is 5.97 Å². The number of ether oxygens (including phenoxy) is 3. The molecule has 1 fully saturated rings. The van der Waals surface area contributed by atoms with Crippen LogP contribution in [0.4, 0.5) is 0 Å². The molecule has 1 saturated carbocycles. The third-order valence-corrected chi connectivity index (χ3v) is 9.10. The predicted octanol–water partition coefficient (Wildman–Crippen LogP) is 8.41. The number of carboxylic acid groups (broad SMARTS) is 1. The SMILES string of the molecule is COC(CO[C@@H]1CCC[C@H](OCc2nc(-c3c(C)cccc3C)oc2C)C1)C(=O)O.Cc1cccc(C)c1-c1nc(CI)c(C)o1. The van der Waals surface area contributed by atoms with Crippen LogP contribution in [-0.2, 0) is 30.0 Å². The molecule has 2 aromatic heterocycles. The Morgan fingerprint density at radius 2 is 1.33 bits per heavy atom. The summed E-state index contributed by atoms with van der Waals surface area (Å²) in [5.74, 6) is 2.06. The smallest absolute Gasteiger partial charge is 0.335 e. The summed E-state index contributed by atoms with van der Waals surface area (Å²) in [5.41, 5.74) is 8.69. The minimum atomic E-state index is -1.01. The highest BCUT2D eigenvalue weighted by Gasteiger charge is 2.26. The maximum atomic E-state index is 11.1. The molecule has 9 nitrogen and oxygen atoms in total. The summed E-state index contributed by atoms with van der Waals surface area (Å²) in [6.45, 7) is 12.6. The topological polar surface area (TPSA) is 117 Å². The van der Waals surface area contributed by atoms with Crippen LogP contribution in [0.3, 0.4) is 0 Å². The van der Waals surface area contributed by atoms with Crippen molar-refractivity contribution in [2.45, 2.75) is 96.6 Å². The number of methoxy groups -OCH3 is 1. The van der Waals surface area contributed by atoms with E-state index in [0.29, 0.717) is 12.5 Å². The van der Waals surface area contributed by atoms with E-state index in [4.69, 9.17) is 33.1 Å². The normalized spacial score (nSPS) is 17.0. The Balaban J connectivity index is 0.000000252. The van der Waals surface area contributed by atoms with Gasteiger partial charge in [0.1, 0.15) is 17.2 Å². The zero-order valence-electron chi connectivity index (χ0n) is 27.8. The number of hydrogen-bond acceptors (Lipinski definition) is 8. The number of carbonyl (C=O) groups is 1. The Hall–Kier alpha value is -3.06. The second-order valence-electron chi connectivity index (χ2n) is 11.8. The Kier molecular flexibility index (Phi) is 13.0. The van der Waals surface area contributed by atoms with Crippen molar-refractivity contribution in [3.05, 3.63) is 81.6 Å². The number of hydrogen-bond donors (Lipinski definition) is 1. The van der Waals surface area contributed by atoms with Crippen molar-refractivity contribution in [1.29, 1.82) is 0 Å². The molecule has 0 spiro atoms. The van der Waals surface area contributed by atoms with Gasteiger partial charge in [0.2, 0.25) is 11.8 Å². The first kappa shape index (κ1) is 35.8. The highest BCUT2D eigenvalue weighted by atomic mass is 127. The molecule has 5 rings (SSSR count). The number of carboxylic acids is 1. The van der Waals surface area contributed by atoms with Crippen molar-refractivity contribution in [1.82, 2.24) is 9.97 Å². The Bertz CT molecular complexity index is 1570. The first-order valence-corrected chi connectivity index (χ1v) is 17.1. The van der Waals surface area contributed by atoms with E-state index in [0.717, 1.165) is 81.2 Å². The highest BCUT2D eigenvalue weighted by molar-refractivity contribution is 14.1. The number of benzene rings is 2. The fourth-order valence-corrected chi connectivity index (χ4v) is 6.40. The second-order valence-corrected chi connectivity index (χ2v) is 12.6. The maximum absolute atomic E-state index is 11.1. The standard InChI is InChI=1S/C23H31NO6.C13H14INO/c1-14-7-5-8-15(2)21(14)22-24-19(16(3)30-22)12-28-17-9-6-10-18(11-17)29-13-20(27-4)23(25)26;1-8-5-4-6-9(2)12(8)13-15-11(7-14)10(3)16-13/h5,7-8,17-18,20H,6,9-13H2,1-4H3,(H,25,26);4-6H,7H2,1-3H3/t17-,18+,20?;/m0./s1. The van der Waals surface area contributed by atoms with Gasteiger partial charge in [-0.3, -0.25) is 0 Å². The zero-order valence-corrected chi connectivity index (χ0v) is 30.0. The van der Waals surface area contributed by atoms with Crippen LogP contribution in [0.1, 0.15) is 70.8 Å². The van der Waals surface area contributed by atoms with Gasteiger partial charge in [-0.05, 0) is 89.5 Å². The van der Waals surface area contributed by atoms with Crippen molar-refractivity contribution >= 4 is 28.6 Å². The van der Waals surface area contributed by atoms with Gasteiger partial charge in [0.15, 0.2) is 6.10 Å². The number of aryl methyl sites for hydroxylation is 6. The van der Waals surface area contributed by atoms with Gasteiger partial charge < -0.3 is 28.2 Å². The molecule has 1 aliphatic carbocycles. The van der Waals surface area contributed by atoms with E-state index in [1.54, 1.807) is 0 Å². The third-order valence-electron chi connectivity index (χ3n) is 8.38. The van der Waals surface area contributed by atoms with Crippen LogP contribution in [-0.4, -0.2) is 53.1 Å². The third kappa shape index (κ3) is 9.05. The summed E-state index contributed by atoms with van der Waals surface area (Å²) >= 11 is 2.31. The maximum Gasteiger partial charge on any atom is 0.335 e. The van der Waals surface area contributed by atoms with Gasteiger partial charge in [-0.25, -0.2) is 14.8 Å². The molecule has 2 aromatic carbocycles. The van der Waals surface area contributed by atoms with Crippen molar-refractivity contribution < 1.29 is 32.9 Å². The minimum Gasteiger partial charge on any atom is -0.479 e. The summed E-state index contributed by atoms with van der Waals surface area (Å²) < 4.78 is 29.4. The molecule has 1 aliphatic rings. The molecular weight excluding hydrogens is 699 g/mol. The Labute approximate surface area is 285 Å². The monoisotopic (exact) mass is 744 g/mol. The average molecular weight is 745 g/mol. The number of rotatable bonds is 11. The first-order valence-electron chi connectivity index (χ1n) is 15.6. The van der Waals surface area contributed by atoms with E-state index in [1.165, 1.54) is 18.2 Å². The Morgan fingerprint density at radius 3 is 1.78 bits per heavy atom. The largest absolute Gasteiger partial charge is 0.479 e. The molecule has 2 heterocycles. The van der Waals surface area contributed by atoms with Crippen LogP contribution < -0.4 is 0 Å². The van der Waals surface area contributed by atoms with Crippen LogP contribution in [0.2, 0.25) is 0 Å². The summed E-state index contributed by atoms with van der Waals surface area (Å²) in [4.78, 5) is 20.3. The summed E-state index contributed by atoms with van der Waals surface area (Å²) in [6.07, 6.45) is 2.65. The molecule has 1 N–H and O–H groups in total. The summed E-state index contributed by atoms with van der Waals surface area (Å²) in [5, 5.41) is 9.06. The molecule has 0 amide bonds. The van der Waals surface area contributed by atoms with Gasteiger partial charge in [-0.1, -0.05) is 59.0 Å². The molecule has 10 heteroatoms. The molecular formula is C36H45IN2O7. The van der Waals surface area contributed by atoms with Crippen molar-refractivity contribution in [3.63, 3.8) is 0 Å². The number of alkyl halides is 1. The average Bonchev–Trinajstić information content (AvgIpc) is 3.57. The molecule has 0 saturated heterocycles. The molecule has 248 valence electrons. The fraction of sp³-hybridized carbons (Fsp3) is 0.472. The van der Waals surface area contributed by atoms with Gasteiger partial charge in [-0.15, -0.1) is 0 Å². The second kappa shape index (κ2) is 16.7. The molecule has 0 radical (unpaired) electrons. The highest BCUT2D eigenvalue weighted by Crippen LogP contribution is 2.31. The lowest BCUT2D eigenvalue weighted by molar-refractivity contribution is -0.155. The number of oxazole rings is 2. The molecule has 4 aromatic rings. The minimum absolute atomic E-state index is 0.0238. The van der Waals surface area contributed by atoms with Crippen molar-refractivity contribution in [2.75, 3.05) is 13.7 Å². The van der Waals surface area contributed by atoms with E-state index in [-0.39, 0.29) is 18.8 Å². The van der Waals surface area contributed by atoms with Crippen LogP contribution in [0, 0.1) is 41.5 Å². The van der Waals surface area contributed by atoms with Crippen molar-refractivity contribution in [3.8, 4) is 22.9 Å². The fourth-order valence-electron chi connectivity index (χ4n) is 5.70. The van der Waals surface area contributed by atoms with E-state index in [2.05, 4.69) is 85.6 Å². The number of aliphatic carboxylic acids is 1.